The highest BCUT2D eigenvalue weighted by molar-refractivity contribution is 6.08. The SMILES string of the molecule is O=C(c1ccccc1)c1cc2c([nH]c1=O)CC13CCN(CC4CC4)[C@H](Cc4ccc(O)cc41)[C@]3(O)C2. The number of piperidine rings is 1. The molecule has 1 aromatic heterocycles. The van der Waals surface area contributed by atoms with Crippen LogP contribution < -0.4 is 5.56 Å². The minimum absolute atomic E-state index is 0.0442. The first kappa shape index (κ1) is 22.0. The monoisotopic (exact) mass is 482 g/mol. The summed E-state index contributed by atoms with van der Waals surface area (Å²) in [5.74, 6) is 0.610. The normalized spacial score (nSPS) is 28.6. The van der Waals surface area contributed by atoms with Gasteiger partial charge in [0.15, 0.2) is 5.78 Å². The summed E-state index contributed by atoms with van der Waals surface area (Å²) >= 11 is 0. The molecule has 3 aromatic rings. The zero-order valence-corrected chi connectivity index (χ0v) is 20.2. The number of rotatable bonds is 4. The molecule has 2 aromatic carbocycles. The van der Waals surface area contributed by atoms with Crippen molar-refractivity contribution < 1.29 is 15.0 Å². The van der Waals surface area contributed by atoms with Crippen molar-refractivity contribution in [2.24, 2.45) is 5.92 Å². The van der Waals surface area contributed by atoms with E-state index in [4.69, 9.17) is 0 Å². The van der Waals surface area contributed by atoms with Crippen LogP contribution in [0.1, 0.15) is 57.6 Å². The van der Waals surface area contributed by atoms with Crippen LogP contribution in [0.4, 0.5) is 0 Å². The van der Waals surface area contributed by atoms with Gasteiger partial charge in [0.1, 0.15) is 5.75 Å². The standard InChI is InChI=1S/C30H30N2O4/c33-22-9-8-20-13-26-30(36)15-21-12-23(27(34)19-4-2-1-3-5-19)28(35)31-25(21)16-29(30,24(20)14-22)10-11-32(26)17-18-6-7-18/h1-5,8-9,12,14,18,26,33,36H,6-7,10-11,13,15-17H2,(H,31,35)/t26-,29?,30-/m1/s1. The fraction of sp³-hybridized carbons (Fsp3) is 0.400. The number of ketones is 1. The number of aromatic amines is 1. The number of aromatic nitrogens is 1. The fourth-order valence-electron chi connectivity index (χ4n) is 7.30. The Morgan fingerprint density at radius 2 is 1.86 bits per heavy atom. The molecule has 3 atom stereocenters. The number of aliphatic hydroxyl groups is 1. The van der Waals surface area contributed by atoms with Gasteiger partial charge in [0.05, 0.1) is 11.2 Å². The van der Waals surface area contributed by atoms with Gasteiger partial charge >= 0.3 is 0 Å². The highest BCUT2D eigenvalue weighted by atomic mass is 16.3. The molecule has 0 spiro atoms. The molecular formula is C30H30N2O4. The number of nitrogens with zero attached hydrogens (tertiary/aromatic N) is 1. The average Bonchev–Trinajstić information content (AvgIpc) is 3.69. The highest BCUT2D eigenvalue weighted by Crippen LogP contribution is 2.57. The summed E-state index contributed by atoms with van der Waals surface area (Å²) in [6.45, 7) is 1.90. The predicted octanol–water partition coefficient (Wildman–Crippen LogP) is 3.12. The first-order valence-electron chi connectivity index (χ1n) is 13.0. The van der Waals surface area contributed by atoms with Crippen LogP contribution in [0.2, 0.25) is 0 Å². The predicted molar refractivity (Wildman–Crippen MR) is 135 cm³/mol. The number of aromatic hydroxyl groups is 1. The first-order chi connectivity index (χ1) is 17.4. The van der Waals surface area contributed by atoms with E-state index in [1.807, 2.05) is 18.2 Å². The molecule has 1 saturated carbocycles. The van der Waals surface area contributed by atoms with Crippen molar-refractivity contribution in [3.05, 3.63) is 98.5 Å². The molecule has 1 unspecified atom stereocenters. The van der Waals surface area contributed by atoms with Gasteiger partial charge in [-0.25, -0.2) is 0 Å². The fourth-order valence-corrected chi connectivity index (χ4v) is 7.30. The quantitative estimate of drug-likeness (QED) is 0.497. The summed E-state index contributed by atoms with van der Waals surface area (Å²) in [6.07, 6.45) is 4.86. The summed E-state index contributed by atoms with van der Waals surface area (Å²) in [7, 11) is 0. The Balaban J connectivity index is 1.37. The summed E-state index contributed by atoms with van der Waals surface area (Å²) in [5.41, 5.74) is 2.36. The van der Waals surface area contributed by atoms with Gasteiger partial charge < -0.3 is 15.2 Å². The van der Waals surface area contributed by atoms with Crippen molar-refractivity contribution in [3.8, 4) is 5.75 Å². The molecule has 4 aliphatic rings. The number of phenolic OH excluding ortho intramolecular Hbond substituents is 1. The molecule has 7 rings (SSSR count). The van der Waals surface area contributed by atoms with Gasteiger partial charge in [-0.15, -0.1) is 0 Å². The van der Waals surface area contributed by atoms with E-state index in [0.717, 1.165) is 42.8 Å². The van der Waals surface area contributed by atoms with E-state index < -0.39 is 11.0 Å². The number of hydrogen-bond donors (Lipinski definition) is 3. The van der Waals surface area contributed by atoms with Gasteiger partial charge in [-0.05, 0) is 73.0 Å². The van der Waals surface area contributed by atoms with Gasteiger partial charge in [0, 0.05) is 42.1 Å². The number of benzene rings is 2. The summed E-state index contributed by atoms with van der Waals surface area (Å²) in [4.78, 5) is 31.8. The smallest absolute Gasteiger partial charge is 0.259 e. The zero-order chi connectivity index (χ0) is 24.7. The Morgan fingerprint density at radius 1 is 1.06 bits per heavy atom. The van der Waals surface area contributed by atoms with E-state index >= 15 is 0 Å². The molecule has 184 valence electrons. The van der Waals surface area contributed by atoms with Crippen molar-refractivity contribution in [3.63, 3.8) is 0 Å². The summed E-state index contributed by atoms with van der Waals surface area (Å²) in [6, 6.07) is 16.1. The second kappa shape index (κ2) is 7.64. The lowest BCUT2D eigenvalue weighted by Gasteiger charge is -2.63. The molecule has 1 saturated heterocycles. The van der Waals surface area contributed by atoms with E-state index in [1.54, 1.807) is 36.4 Å². The molecule has 1 aliphatic heterocycles. The maximum absolute atomic E-state index is 13.2. The minimum atomic E-state index is -1.06. The van der Waals surface area contributed by atoms with Crippen molar-refractivity contribution in [1.29, 1.82) is 0 Å². The molecule has 3 aliphatic carbocycles. The largest absolute Gasteiger partial charge is 0.508 e. The van der Waals surface area contributed by atoms with E-state index in [0.29, 0.717) is 24.3 Å². The Labute approximate surface area is 209 Å². The molecule has 2 bridgehead atoms. The number of phenols is 1. The lowest BCUT2D eigenvalue weighted by atomic mass is 9.49. The van der Waals surface area contributed by atoms with Gasteiger partial charge in [0.25, 0.3) is 5.56 Å². The molecule has 2 heterocycles. The topological polar surface area (TPSA) is 93.6 Å². The van der Waals surface area contributed by atoms with Crippen LogP contribution in [-0.2, 0) is 24.7 Å². The van der Waals surface area contributed by atoms with Crippen LogP contribution >= 0.6 is 0 Å². The third-order valence-corrected chi connectivity index (χ3v) is 9.29. The van der Waals surface area contributed by atoms with E-state index in [-0.39, 0.29) is 28.7 Å². The second-order valence-electron chi connectivity index (χ2n) is 11.3. The van der Waals surface area contributed by atoms with Crippen LogP contribution in [-0.4, -0.2) is 50.6 Å². The van der Waals surface area contributed by atoms with Crippen LogP contribution in [0.3, 0.4) is 0 Å². The molecule has 0 radical (unpaired) electrons. The maximum Gasteiger partial charge on any atom is 0.259 e. The maximum atomic E-state index is 13.2. The lowest BCUT2D eigenvalue weighted by Crippen LogP contribution is -2.74. The molecular weight excluding hydrogens is 452 g/mol. The van der Waals surface area contributed by atoms with Crippen LogP contribution in [0.25, 0.3) is 0 Å². The number of nitrogens with one attached hydrogen (secondary N) is 1. The van der Waals surface area contributed by atoms with Crippen molar-refractivity contribution in [1.82, 2.24) is 9.88 Å². The number of fused-ring (bicyclic) bond motifs is 2. The van der Waals surface area contributed by atoms with Crippen molar-refractivity contribution in [2.75, 3.05) is 13.1 Å². The molecule has 2 fully saturated rings. The third kappa shape index (κ3) is 3.10. The first-order valence-corrected chi connectivity index (χ1v) is 13.0. The summed E-state index contributed by atoms with van der Waals surface area (Å²) in [5, 5.41) is 23.1. The Bertz CT molecular complexity index is 1440. The lowest BCUT2D eigenvalue weighted by molar-refractivity contribution is -0.152. The molecule has 6 nitrogen and oxygen atoms in total. The van der Waals surface area contributed by atoms with E-state index in [2.05, 4.69) is 9.88 Å². The Hall–Kier alpha value is -3.22. The van der Waals surface area contributed by atoms with Gasteiger partial charge in [0.2, 0.25) is 0 Å². The van der Waals surface area contributed by atoms with Crippen LogP contribution in [0, 0.1) is 5.92 Å². The number of hydrogen-bond acceptors (Lipinski definition) is 5. The number of pyridine rings is 1. The van der Waals surface area contributed by atoms with Crippen molar-refractivity contribution in [2.45, 2.75) is 55.6 Å². The number of carbonyl (C=O) groups is 1. The van der Waals surface area contributed by atoms with Gasteiger partial charge in [-0.2, -0.15) is 0 Å². The van der Waals surface area contributed by atoms with Crippen molar-refractivity contribution >= 4 is 5.78 Å². The van der Waals surface area contributed by atoms with E-state index in [9.17, 15) is 19.8 Å². The van der Waals surface area contributed by atoms with Gasteiger partial charge in [-0.3, -0.25) is 14.5 Å². The number of carbonyl (C=O) groups excluding carboxylic acids is 1. The molecule has 36 heavy (non-hydrogen) atoms. The molecule has 3 N–H and O–H groups in total. The number of likely N-dealkylation sites (tertiary alicyclic amines) is 1. The average molecular weight is 483 g/mol. The highest BCUT2D eigenvalue weighted by Gasteiger charge is 2.64. The van der Waals surface area contributed by atoms with Crippen LogP contribution in [0.5, 0.6) is 5.75 Å². The summed E-state index contributed by atoms with van der Waals surface area (Å²) < 4.78 is 0. The zero-order valence-electron chi connectivity index (χ0n) is 20.2. The van der Waals surface area contributed by atoms with Crippen LogP contribution in [0.15, 0.2) is 59.4 Å². The third-order valence-electron chi connectivity index (χ3n) is 9.29. The Kier molecular flexibility index (Phi) is 4.67. The van der Waals surface area contributed by atoms with E-state index in [1.165, 1.54) is 18.4 Å². The Morgan fingerprint density at radius 3 is 2.64 bits per heavy atom. The number of H-pyrrole nitrogens is 1. The second-order valence-corrected chi connectivity index (χ2v) is 11.3. The molecule has 0 amide bonds. The molecule has 6 heteroatoms. The van der Waals surface area contributed by atoms with Gasteiger partial charge in [-0.1, -0.05) is 36.4 Å². The minimum Gasteiger partial charge on any atom is -0.508 e.